The van der Waals surface area contributed by atoms with E-state index in [4.69, 9.17) is 9.97 Å². The van der Waals surface area contributed by atoms with Crippen molar-refractivity contribution < 1.29 is 4.39 Å². The fourth-order valence-corrected chi connectivity index (χ4v) is 4.84. The number of hydrogen-bond acceptors (Lipinski definition) is 6. The second kappa shape index (κ2) is 15.4. The minimum atomic E-state index is -0.278. The van der Waals surface area contributed by atoms with Crippen LogP contribution >= 0.6 is 0 Å². The highest BCUT2D eigenvalue weighted by molar-refractivity contribution is 5.81. The van der Waals surface area contributed by atoms with Gasteiger partial charge in [-0.3, -0.25) is 4.57 Å². The zero-order valence-electron chi connectivity index (χ0n) is 26.3. The number of likely N-dealkylation sites (N-methyl/N-ethyl adjacent to an activating group) is 2. The van der Waals surface area contributed by atoms with Gasteiger partial charge in [0.15, 0.2) is 0 Å². The maximum absolute atomic E-state index is 13.6. The van der Waals surface area contributed by atoms with Crippen molar-refractivity contribution in [2.24, 2.45) is 0 Å². The van der Waals surface area contributed by atoms with E-state index in [0.29, 0.717) is 5.95 Å². The van der Waals surface area contributed by atoms with E-state index in [1.54, 1.807) is 18.3 Å². The third-order valence-corrected chi connectivity index (χ3v) is 7.43. The van der Waals surface area contributed by atoms with Crippen molar-refractivity contribution in [3.63, 3.8) is 0 Å². The average Bonchev–Trinajstić information content (AvgIpc) is 3.25. The SMILES string of the molecule is CC1=Cc2nc(-c3ccc(F)cc3)c(-c3ccnc(N[C@@H](C)c4ccccc4)n3)n2C=CC1.CCN(CC)CCN(C)C. The number of fused-ring (bicyclic) bond motifs is 1. The van der Waals surface area contributed by atoms with Crippen LogP contribution in [0.15, 0.2) is 78.5 Å². The summed E-state index contributed by atoms with van der Waals surface area (Å²) in [5.74, 6) is 1.08. The molecule has 2 aromatic heterocycles. The number of aromatic nitrogens is 4. The van der Waals surface area contributed by atoms with Crippen LogP contribution in [0.1, 0.15) is 51.5 Å². The molecule has 8 heteroatoms. The molecule has 1 atom stereocenters. The van der Waals surface area contributed by atoms with E-state index in [9.17, 15) is 4.39 Å². The van der Waals surface area contributed by atoms with Crippen LogP contribution in [0.4, 0.5) is 10.3 Å². The number of rotatable bonds is 10. The minimum absolute atomic E-state index is 0.0473. The van der Waals surface area contributed by atoms with E-state index in [0.717, 1.165) is 40.5 Å². The molecule has 0 bridgehead atoms. The first-order valence-corrected chi connectivity index (χ1v) is 15.0. The van der Waals surface area contributed by atoms with Crippen LogP contribution in [0.2, 0.25) is 0 Å². The van der Waals surface area contributed by atoms with E-state index in [2.05, 4.69) is 86.2 Å². The lowest BCUT2D eigenvalue weighted by atomic mass is 10.1. The predicted molar refractivity (Wildman–Crippen MR) is 177 cm³/mol. The van der Waals surface area contributed by atoms with Gasteiger partial charge in [-0.05, 0) is 89.4 Å². The molecule has 0 spiro atoms. The number of anilines is 1. The normalized spacial score (nSPS) is 13.2. The summed E-state index contributed by atoms with van der Waals surface area (Å²) in [6.07, 6.45) is 8.83. The van der Waals surface area contributed by atoms with Crippen molar-refractivity contribution in [2.45, 2.75) is 40.2 Å². The molecule has 5 rings (SSSR count). The molecule has 7 nitrogen and oxygen atoms in total. The second-order valence-electron chi connectivity index (χ2n) is 11.0. The Labute approximate surface area is 255 Å². The number of nitrogens with zero attached hydrogens (tertiary/aromatic N) is 6. The molecule has 0 saturated heterocycles. The third-order valence-electron chi connectivity index (χ3n) is 7.43. The van der Waals surface area contributed by atoms with Gasteiger partial charge in [-0.2, -0.15) is 0 Å². The quantitative estimate of drug-likeness (QED) is 0.209. The molecule has 3 heterocycles. The molecule has 1 N–H and O–H groups in total. The van der Waals surface area contributed by atoms with Gasteiger partial charge in [-0.15, -0.1) is 0 Å². The summed E-state index contributed by atoms with van der Waals surface area (Å²) in [5.41, 5.74) is 5.54. The molecule has 0 radical (unpaired) electrons. The van der Waals surface area contributed by atoms with Crippen molar-refractivity contribution >= 4 is 18.2 Å². The Hall–Kier alpha value is -4.14. The summed E-state index contributed by atoms with van der Waals surface area (Å²) >= 11 is 0. The number of halogens is 1. The number of imidazole rings is 1. The highest BCUT2D eigenvalue weighted by Crippen LogP contribution is 2.34. The van der Waals surface area contributed by atoms with Gasteiger partial charge in [0.25, 0.3) is 0 Å². The molecule has 0 unspecified atom stereocenters. The first-order valence-electron chi connectivity index (χ1n) is 15.0. The summed E-state index contributed by atoms with van der Waals surface area (Å²) in [5, 5.41) is 3.40. The van der Waals surface area contributed by atoms with E-state index in [-0.39, 0.29) is 11.9 Å². The standard InChI is InChI=1S/C27H24FN5.C8H20N2/c1-18-7-6-16-33-24(17-18)32-25(21-10-12-22(28)13-11-21)26(33)23-14-15-29-27(31-23)30-19(2)20-8-4-3-5-9-20;1-5-10(6-2)8-7-9(3)4/h3-6,8-17,19H,7H2,1-2H3,(H,29,30,31);5-8H2,1-4H3/t19-;/m0./s1. The zero-order valence-corrected chi connectivity index (χ0v) is 26.3. The molecular weight excluding hydrogens is 537 g/mol. The third kappa shape index (κ3) is 8.69. The van der Waals surface area contributed by atoms with E-state index >= 15 is 0 Å². The van der Waals surface area contributed by atoms with E-state index < -0.39 is 0 Å². The molecule has 4 aromatic rings. The van der Waals surface area contributed by atoms with Crippen LogP contribution in [0.5, 0.6) is 0 Å². The van der Waals surface area contributed by atoms with Crippen molar-refractivity contribution in [1.29, 1.82) is 0 Å². The van der Waals surface area contributed by atoms with Gasteiger partial charge in [-0.1, -0.05) is 55.8 Å². The van der Waals surface area contributed by atoms with Gasteiger partial charge in [0, 0.05) is 31.0 Å². The van der Waals surface area contributed by atoms with Gasteiger partial charge >= 0.3 is 0 Å². The summed E-state index contributed by atoms with van der Waals surface area (Å²) in [6, 6.07) is 18.5. The van der Waals surface area contributed by atoms with E-state index in [1.807, 2.05) is 35.0 Å². The lowest BCUT2D eigenvalue weighted by Gasteiger charge is -2.20. The van der Waals surface area contributed by atoms with Crippen LogP contribution < -0.4 is 5.32 Å². The van der Waals surface area contributed by atoms with Crippen LogP contribution in [0.3, 0.4) is 0 Å². The lowest BCUT2D eigenvalue weighted by molar-refractivity contribution is 0.261. The maximum atomic E-state index is 13.6. The van der Waals surface area contributed by atoms with Gasteiger partial charge in [0.05, 0.1) is 23.1 Å². The largest absolute Gasteiger partial charge is 0.348 e. The number of allylic oxidation sites excluding steroid dienone is 2. The highest BCUT2D eigenvalue weighted by atomic mass is 19.1. The summed E-state index contributed by atoms with van der Waals surface area (Å²) < 4.78 is 15.6. The fraction of sp³-hybridized carbons (Fsp3) is 0.343. The van der Waals surface area contributed by atoms with Gasteiger partial charge in [-0.25, -0.2) is 19.3 Å². The maximum Gasteiger partial charge on any atom is 0.223 e. The predicted octanol–water partition coefficient (Wildman–Crippen LogP) is 7.49. The number of hydrogen-bond donors (Lipinski definition) is 1. The molecule has 226 valence electrons. The Morgan fingerprint density at radius 3 is 2.35 bits per heavy atom. The molecular formula is C35H44FN7. The van der Waals surface area contributed by atoms with Crippen LogP contribution in [-0.4, -0.2) is 69.6 Å². The molecule has 0 amide bonds. The Balaban J connectivity index is 0.000000365. The molecule has 0 aliphatic carbocycles. The van der Waals surface area contributed by atoms with Crippen molar-refractivity contribution in [2.75, 3.05) is 45.6 Å². The first kappa shape index (κ1) is 31.8. The number of nitrogens with one attached hydrogen (secondary N) is 1. The zero-order chi connectivity index (χ0) is 30.8. The Bertz CT molecular complexity index is 1500. The molecule has 0 saturated carbocycles. The average molecular weight is 582 g/mol. The highest BCUT2D eigenvalue weighted by Gasteiger charge is 2.21. The molecule has 1 aliphatic rings. The number of benzene rings is 2. The summed E-state index contributed by atoms with van der Waals surface area (Å²) in [6.45, 7) is 13.3. The van der Waals surface area contributed by atoms with Crippen LogP contribution in [0.25, 0.3) is 34.9 Å². The first-order chi connectivity index (χ1) is 20.8. The fourth-order valence-electron chi connectivity index (χ4n) is 4.84. The molecule has 1 aliphatic heterocycles. The molecule has 2 aromatic carbocycles. The van der Waals surface area contributed by atoms with Gasteiger partial charge in [0.1, 0.15) is 11.6 Å². The Morgan fingerprint density at radius 2 is 1.67 bits per heavy atom. The second-order valence-corrected chi connectivity index (χ2v) is 11.0. The Morgan fingerprint density at radius 1 is 0.953 bits per heavy atom. The van der Waals surface area contributed by atoms with Crippen LogP contribution in [-0.2, 0) is 0 Å². The summed E-state index contributed by atoms with van der Waals surface area (Å²) in [4.78, 5) is 18.8. The minimum Gasteiger partial charge on any atom is -0.348 e. The van der Waals surface area contributed by atoms with Crippen molar-refractivity contribution in [3.8, 4) is 22.6 Å². The molecule has 43 heavy (non-hydrogen) atoms. The lowest BCUT2D eigenvalue weighted by Crippen LogP contribution is -2.31. The summed E-state index contributed by atoms with van der Waals surface area (Å²) in [7, 11) is 4.23. The smallest absolute Gasteiger partial charge is 0.223 e. The topological polar surface area (TPSA) is 62.1 Å². The van der Waals surface area contributed by atoms with Crippen molar-refractivity contribution in [1.82, 2.24) is 29.3 Å². The van der Waals surface area contributed by atoms with Crippen molar-refractivity contribution in [3.05, 3.63) is 95.7 Å². The Kier molecular flexibility index (Phi) is 11.4. The van der Waals surface area contributed by atoms with Gasteiger partial charge < -0.3 is 15.1 Å². The van der Waals surface area contributed by atoms with Crippen LogP contribution in [0, 0.1) is 5.82 Å². The molecule has 0 fully saturated rings. The van der Waals surface area contributed by atoms with Gasteiger partial charge in [0.2, 0.25) is 5.95 Å². The van der Waals surface area contributed by atoms with E-state index in [1.165, 1.54) is 43.9 Å². The monoisotopic (exact) mass is 581 g/mol.